The van der Waals surface area contributed by atoms with Gasteiger partial charge in [0.2, 0.25) is 0 Å². The maximum atomic E-state index is 14.3. The van der Waals surface area contributed by atoms with E-state index in [4.69, 9.17) is 11.6 Å². The highest BCUT2D eigenvalue weighted by molar-refractivity contribution is 9.10. The van der Waals surface area contributed by atoms with Gasteiger partial charge in [-0.05, 0) is 52.5 Å². The van der Waals surface area contributed by atoms with Crippen LogP contribution in [0, 0.1) is 5.82 Å². The van der Waals surface area contributed by atoms with Crippen LogP contribution in [0.2, 0.25) is 5.02 Å². The summed E-state index contributed by atoms with van der Waals surface area (Å²) in [6.45, 7) is 2.10. The van der Waals surface area contributed by atoms with E-state index in [1.54, 1.807) is 23.5 Å². The van der Waals surface area contributed by atoms with Gasteiger partial charge in [-0.2, -0.15) is 0 Å². The molecular formula is C14H14BrClFNS. The van der Waals surface area contributed by atoms with Gasteiger partial charge in [0.15, 0.2) is 0 Å². The van der Waals surface area contributed by atoms with E-state index in [1.165, 1.54) is 5.56 Å². The molecule has 0 bridgehead atoms. The second-order valence-electron chi connectivity index (χ2n) is 4.15. The highest BCUT2D eigenvalue weighted by Crippen LogP contribution is 2.35. The number of rotatable bonds is 4. The zero-order chi connectivity index (χ0) is 14.0. The van der Waals surface area contributed by atoms with Gasteiger partial charge in [0, 0.05) is 14.9 Å². The summed E-state index contributed by atoms with van der Waals surface area (Å²) in [5.41, 5.74) is 1.82. The Hall–Kier alpha value is -0.420. The van der Waals surface area contributed by atoms with Gasteiger partial charge in [0.25, 0.3) is 0 Å². The minimum absolute atomic E-state index is 0.132. The molecule has 0 spiro atoms. The first-order valence-corrected chi connectivity index (χ1v) is 8.02. The number of hydrogen-bond acceptors (Lipinski definition) is 2. The molecule has 0 saturated carbocycles. The van der Waals surface area contributed by atoms with E-state index in [9.17, 15) is 4.39 Å². The normalized spacial score (nSPS) is 12.7. The first kappa shape index (κ1) is 15.0. The van der Waals surface area contributed by atoms with Crippen molar-refractivity contribution < 1.29 is 4.39 Å². The van der Waals surface area contributed by atoms with Crippen LogP contribution >= 0.6 is 38.9 Å². The van der Waals surface area contributed by atoms with E-state index in [-0.39, 0.29) is 16.9 Å². The third kappa shape index (κ3) is 2.87. The van der Waals surface area contributed by atoms with E-state index in [0.29, 0.717) is 10.0 Å². The number of benzene rings is 1. The second-order valence-corrected chi connectivity index (χ2v) is 6.33. The highest BCUT2D eigenvalue weighted by atomic mass is 79.9. The predicted octanol–water partition coefficient (Wildman–Crippen LogP) is 5.17. The van der Waals surface area contributed by atoms with Gasteiger partial charge in [-0.1, -0.05) is 24.6 Å². The lowest BCUT2D eigenvalue weighted by Gasteiger charge is -2.18. The van der Waals surface area contributed by atoms with E-state index >= 15 is 0 Å². The molecule has 1 aromatic carbocycles. The molecule has 1 unspecified atom stereocenters. The van der Waals surface area contributed by atoms with E-state index in [2.05, 4.69) is 34.2 Å². The van der Waals surface area contributed by atoms with Crippen LogP contribution in [0.5, 0.6) is 0 Å². The number of nitrogens with one attached hydrogen (secondary N) is 1. The van der Waals surface area contributed by atoms with Crippen molar-refractivity contribution in [1.29, 1.82) is 0 Å². The number of halogens is 3. The van der Waals surface area contributed by atoms with Crippen molar-refractivity contribution in [2.24, 2.45) is 0 Å². The van der Waals surface area contributed by atoms with Gasteiger partial charge in [-0.3, -0.25) is 0 Å². The molecule has 0 saturated heterocycles. The average molecular weight is 363 g/mol. The summed E-state index contributed by atoms with van der Waals surface area (Å²) in [7, 11) is 1.83. The molecule has 0 amide bonds. The Bertz CT molecular complexity index is 585. The van der Waals surface area contributed by atoms with Crippen LogP contribution in [0.4, 0.5) is 4.39 Å². The van der Waals surface area contributed by atoms with Crippen LogP contribution in [-0.4, -0.2) is 7.05 Å². The lowest BCUT2D eigenvalue weighted by molar-refractivity contribution is 0.577. The lowest BCUT2D eigenvalue weighted by Crippen LogP contribution is -2.19. The third-order valence-corrected chi connectivity index (χ3v) is 5.37. The van der Waals surface area contributed by atoms with Crippen molar-refractivity contribution in [3.8, 4) is 0 Å². The average Bonchev–Trinajstić information content (AvgIpc) is 2.88. The van der Waals surface area contributed by atoms with Gasteiger partial charge in [0.1, 0.15) is 5.82 Å². The zero-order valence-electron chi connectivity index (χ0n) is 10.6. The van der Waals surface area contributed by atoms with Gasteiger partial charge in [-0.25, -0.2) is 4.39 Å². The molecule has 1 nitrogen and oxygen atoms in total. The Morgan fingerprint density at radius 2 is 2.16 bits per heavy atom. The Balaban J connectivity index is 2.52. The lowest BCUT2D eigenvalue weighted by atomic mass is 10.0. The van der Waals surface area contributed by atoms with Crippen molar-refractivity contribution in [3.63, 3.8) is 0 Å². The van der Waals surface area contributed by atoms with Gasteiger partial charge < -0.3 is 5.32 Å². The predicted molar refractivity (Wildman–Crippen MR) is 83.7 cm³/mol. The van der Waals surface area contributed by atoms with Crippen LogP contribution in [0.3, 0.4) is 0 Å². The largest absolute Gasteiger partial charge is 0.309 e. The number of hydrogen-bond donors (Lipinski definition) is 1. The minimum Gasteiger partial charge on any atom is -0.309 e. The summed E-state index contributed by atoms with van der Waals surface area (Å²) in [5.74, 6) is -0.370. The summed E-state index contributed by atoms with van der Waals surface area (Å²) in [6.07, 6.45) is 0.933. The second kappa shape index (κ2) is 6.35. The zero-order valence-corrected chi connectivity index (χ0v) is 13.8. The monoisotopic (exact) mass is 361 g/mol. The highest BCUT2D eigenvalue weighted by Gasteiger charge is 2.22. The Morgan fingerprint density at radius 1 is 1.42 bits per heavy atom. The van der Waals surface area contributed by atoms with Gasteiger partial charge >= 0.3 is 0 Å². The van der Waals surface area contributed by atoms with Crippen molar-refractivity contribution in [2.45, 2.75) is 19.4 Å². The molecule has 1 heterocycles. The Kier molecular flexibility index (Phi) is 5.01. The molecule has 102 valence electrons. The van der Waals surface area contributed by atoms with Crippen LogP contribution < -0.4 is 5.32 Å². The first-order valence-electron chi connectivity index (χ1n) is 5.97. The topological polar surface area (TPSA) is 12.0 Å². The molecule has 2 aromatic rings. The molecule has 1 atom stereocenters. The fraction of sp³-hybridized carbons (Fsp3) is 0.286. The minimum atomic E-state index is -0.370. The van der Waals surface area contributed by atoms with Crippen LogP contribution in [-0.2, 0) is 6.42 Å². The third-order valence-electron chi connectivity index (χ3n) is 3.09. The molecule has 5 heteroatoms. The van der Waals surface area contributed by atoms with Crippen LogP contribution in [0.15, 0.2) is 28.1 Å². The SMILES string of the molecule is CCc1ccsc1C(NC)c1ccc(Br)c(Cl)c1F. The van der Waals surface area contributed by atoms with Crippen molar-refractivity contribution in [3.05, 3.63) is 54.9 Å². The summed E-state index contributed by atoms with van der Waals surface area (Å²) in [5, 5.41) is 5.35. The van der Waals surface area contributed by atoms with Crippen LogP contribution in [0.25, 0.3) is 0 Å². The molecule has 2 rings (SSSR count). The molecular weight excluding hydrogens is 349 g/mol. The first-order chi connectivity index (χ1) is 9.10. The van der Waals surface area contributed by atoms with Gasteiger partial charge in [0.05, 0.1) is 11.1 Å². The summed E-state index contributed by atoms with van der Waals surface area (Å²) in [4.78, 5) is 1.14. The quantitative estimate of drug-likeness (QED) is 0.739. The molecule has 0 aliphatic rings. The van der Waals surface area contributed by atoms with Gasteiger partial charge in [-0.15, -0.1) is 11.3 Å². The Labute approximate surface area is 129 Å². The molecule has 0 aliphatic heterocycles. The molecule has 0 fully saturated rings. The summed E-state index contributed by atoms with van der Waals surface area (Å²) < 4.78 is 14.9. The molecule has 0 radical (unpaired) electrons. The van der Waals surface area contributed by atoms with E-state index in [1.807, 2.05) is 12.4 Å². The van der Waals surface area contributed by atoms with Crippen molar-refractivity contribution in [2.75, 3.05) is 7.05 Å². The smallest absolute Gasteiger partial charge is 0.148 e. The molecule has 1 aromatic heterocycles. The standard InChI is InChI=1S/C14H14BrClFNS/c1-3-8-6-7-19-14(8)13(18-2)9-4-5-10(15)11(16)12(9)17/h4-7,13,18H,3H2,1-2H3. The summed E-state index contributed by atoms with van der Waals surface area (Å²) >= 11 is 10.8. The van der Waals surface area contributed by atoms with Crippen molar-refractivity contribution >= 4 is 38.9 Å². The maximum Gasteiger partial charge on any atom is 0.148 e. The van der Waals surface area contributed by atoms with Crippen molar-refractivity contribution in [1.82, 2.24) is 5.32 Å². The van der Waals surface area contributed by atoms with E-state index in [0.717, 1.165) is 11.3 Å². The number of thiophene rings is 1. The van der Waals surface area contributed by atoms with E-state index < -0.39 is 0 Å². The number of aryl methyl sites for hydroxylation is 1. The summed E-state index contributed by atoms with van der Waals surface area (Å²) in [6, 6.07) is 5.47. The fourth-order valence-corrected chi connectivity index (χ4v) is 3.69. The fourth-order valence-electron chi connectivity index (χ4n) is 2.08. The molecule has 1 N–H and O–H groups in total. The van der Waals surface area contributed by atoms with Crippen LogP contribution in [0.1, 0.15) is 29.0 Å². The maximum absolute atomic E-state index is 14.3. The molecule has 19 heavy (non-hydrogen) atoms. The molecule has 0 aliphatic carbocycles. The Morgan fingerprint density at radius 3 is 2.79 bits per heavy atom.